The average molecular weight is 278 g/mol. The van der Waals surface area contributed by atoms with Crippen LogP contribution in [0.15, 0.2) is 18.2 Å². The SMILES string of the molecule is NCC1CCN(c2ccc(C(N)=O)cc2[N+](=O)[O-])CC1. The van der Waals surface area contributed by atoms with Crippen LogP contribution in [0.4, 0.5) is 11.4 Å². The van der Waals surface area contributed by atoms with Gasteiger partial charge >= 0.3 is 0 Å². The Balaban J connectivity index is 2.27. The molecule has 20 heavy (non-hydrogen) atoms. The van der Waals surface area contributed by atoms with Crippen molar-refractivity contribution in [2.24, 2.45) is 17.4 Å². The minimum atomic E-state index is -0.665. The molecule has 1 aromatic rings. The second kappa shape index (κ2) is 5.87. The van der Waals surface area contributed by atoms with E-state index in [2.05, 4.69) is 0 Å². The largest absolute Gasteiger partial charge is 0.366 e. The molecule has 1 heterocycles. The number of hydrogen-bond acceptors (Lipinski definition) is 5. The lowest BCUT2D eigenvalue weighted by Crippen LogP contribution is -2.36. The Morgan fingerprint density at radius 2 is 2.05 bits per heavy atom. The maximum absolute atomic E-state index is 11.2. The Hall–Kier alpha value is -2.15. The smallest absolute Gasteiger partial charge is 0.293 e. The maximum Gasteiger partial charge on any atom is 0.293 e. The van der Waals surface area contributed by atoms with E-state index in [0.717, 1.165) is 25.9 Å². The van der Waals surface area contributed by atoms with Crippen LogP contribution in [-0.4, -0.2) is 30.5 Å². The summed E-state index contributed by atoms with van der Waals surface area (Å²) in [6, 6.07) is 4.37. The quantitative estimate of drug-likeness (QED) is 0.626. The Morgan fingerprint density at radius 1 is 1.40 bits per heavy atom. The molecule has 1 aliphatic heterocycles. The topological polar surface area (TPSA) is 115 Å². The minimum absolute atomic E-state index is 0.0764. The number of nitrogens with zero attached hydrogens (tertiary/aromatic N) is 2. The Kier molecular flexibility index (Phi) is 4.19. The van der Waals surface area contributed by atoms with Crippen LogP contribution in [-0.2, 0) is 0 Å². The van der Waals surface area contributed by atoms with Crippen molar-refractivity contribution in [2.45, 2.75) is 12.8 Å². The summed E-state index contributed by atoms with van der Waals surface area (Å²) in [5.74, 6) is -0.184. The summed E-state index contributed by atoms with van der Waals surface area (Å²) in [6.45, 7) is 2.12. The number of carbonyl (C=O) groups is 1. The molecular weight excluding hydrogens is 260 g/mol. The first-order chi connectivity index (χ1) is 9.52. The van der Waals surface area contributed by atoms with Gasteiger partial charge in [-0.3, -0.25) is 14.9 Å². The van der Waals surface area contributed by atoms with Gasteiger partial charge < -0.3 is 16.4 Å². The monoisotopic (exact) mass is 278 g/mol. The van der Waals surface area contributed by atoms with E-state index in [-0.39, 0.29) is 11.3 Å². The fourth-order valence-corrected chi connectivity index (χ4v) is 2.50. The lowest BCUT2D eigenvalue weighted by molar-refractivity contribution is -0.384. The zero-order chi connectivity index (χ0) is 14.7. The van der Waals surface area contributed by atoms with Crippen LogP contribution in [0, 0.1) is 16.0 Å². The fraction of sp³-hybridized carbons (Fsp3) is 0.462. The highest BCUT2D eigenvalue weighted by Gasteiger charge is 2.25. The van der Waals surface area contributed by atoms with Gasteiger partial charge in [0.05, 0.1) is 4.92 Å². The van der Waals surface area contributed by atoms with Gasteiger partial charge in [-0.15, -0.1) is 0 Å². The van der Waals surface area contributed by atoms with Crippen LogP contribution >= 0.6 is 0 Å². The molecule has 4 N–H and O–H groups in total. The zero-order valence-corrected chi connectivity index (χ0v) is 11.1. The molecule has 0 radical (unpaired) electrons. The van der Waals surface area contributed by atoms with Gasteiger partial charge in [0.15, 0.2) is 0 Å². The lowest BCUT2D eigenvalue weighted by Gasteiger charge is -2.32. The molecule has 0 bridgehead atoms. The molecule has 0 spiro atoms. The third-order valence-corrected chi connectivity index (χ3v) is 3.75. The standard InChI is InChI=1S/C13H18N4O3/c14-8-9-3-5-16(6-4-9)11-2-1-10(13(15)18)7-12(11)17(19)20/h1-2,7,9H,3-6,8,14H2,(H2,15,18). The van der Waals surface area contributed by atoms with Crippen LogP contribution in [0.2, 0.25) is 0 Å². The third kappa shape index (κ3) is 2.88. The predicted octanol–water partition coefficient (Wildman–Crippen LogP) is 0.869. The highest BCUT2D eigenvalue weighted by atomic mass is 16.6. The summed E-state index contributed by atoms with van der Waals surface area (Å²) >= 11 is 0. The molecule has 1 amide bonds. The van der Waals surface area contributed by atoms with E-state index >= 15 is 0 Å². The van der Waals surface area contributed by atoms with Crippen molar-refractivity contribution in [1.29, 1.82) is 0 Å². The third-order valence-electron chi connectivity index (χ3n) is 3.75. The number of nitro benzene ring substituents is 1. The van der Waals surface area contributed by atoms with E-state index in [1.807, 2.05) is 4.90 Å². The van der Waals surface area contributed by atoms with Crippen molar-refractivity contribution >= 4 is 17.3 Å². The summed E-state index contributed by atoms with van der Waals surface area (Å²) in [5, 5.41) is 11.2. The average Bonchev–Trinajstić information content (AvgIpc) is 2.46. The van der Waals surface area contributed by atoms with Crippen molar-refractivity contribution in [3.05, 3.63) is 33.9 Å². The van der Waals surface area contributed by atoms with E-state index in [9.17, 15) is 14.9 Å². The summed E-state index contributed by atoms with van der Waals surface area (Å²) in [5.41, 5.74) is 11.4. The molecule has 108 valence electrons. The fourth-order valence-electron chi connectivity index (χ4n) is 2.50. The van der Waals surface area contributed by atoms with Crippen molar-refractivity contribution in [3.8, 4) is 0 Å². The van der Waals surface area contributed by atoms with Crippen molar-refractivity contribution in [1.82, 2.24) is 0 Å². The van der Waals surface area contributed by atoms with Gasteiger partial charge in [0.25, 0.3) is 5.69 Å². The number of benzene rings is 1. The number of rotatable bonds is 4. The van der Waals surface area contributed by atoms with Gasteiger partial charge in [0.2, 0.25) is 5.91 Å². The number of amides is 1. The number of primary amides is 1. The predicted molar refractivity (Wildman–Crippen MR) is 75.6 cm³/mol. The summed E-state index contributed by atoms with van der Waals surface area (Å²) in [4.78, 5) is 23.8. The Bertz CT molecular complexity index is 524. The zero-order valence-electron chi connectivity index (χ0n) is 11.1. The molecule has 2 rings (SSSR count). The minimum Gasteiger partial charge on any atom is -0.366 e. The van der Waals surface area contributed by atoms with Crippen molar-refractivity contribution in [3.63, 3.8) is 0 Å². The molecule has 1 aromatic carbocycles. The molecule has 1 fully saturated rings. The molecule has 0 aliphatic carbocycles. The first kappa shape index (κ1) is 14.3. The number of hydrogen-bond donors (Lipinski definition) is 2. The first-order valence-corrected chi connectivity index (χ1v) is 6.56. The van der Waals surface area contributed by atoms with Crippen LogP contribution in [0.25, 0.3) is 0 Å². The van der Waals surface area contributed by atoms with Gasteiger partial charge in [-0.25, -0.2) is 0 Å². The van der Waals surface area contributed by atoms with Gasteiger partial charge in [-0.2, -0.15) is 0 Å². The van der Waals surface area contributed by atoms with E-state index in [1.54, 1.807) is 6.07 Å². The molecule has 1 aliphatic rings. The van der Waals surface area contributed by atoms with E-state index in [4.69, 9.17) is 11.5 Å². The van der Waals surface area contributed by atoms with Gasteiger partial charge in [0.1, 0.15) is 5.69 Å². The van der Waals surface area contributed by atoms with Crippen LogP contribution in [0.3, 0.4) is 0 Å². The van der Waals surface area contributed by atoms with Crippen molar-refractivity contribution < 1.29 is 9.72 Å². The van der Waals surface area contributed by atoms with E-state index in [0.29, 0.717) is 18.2 Å². The normalized spacial score (nSPS) is 16.1. The highest BCUT2D eigenvalue weighted by Crippen LogP contribution is 2.32. The molecule has 7 nitrogen and oxygen atoms in total. The molecule has 0 atom stereocenters. The molecule has 1 saturated heterocycles. The Morgan fingerprint density at radius 3 is 2.55 bits per heavy atom. The lowest BCUT2D eigenvalue weighted by atomic mass is 9.96. The number of carbonyl (C=O) groups excluding carboxylic acids is 1. The number of anilines is 1. The van der Waals surface area contributed by atoms with Crippen LogP contribution < -0.4 is 16.4 Å². The van der Waals surface area contributed by atoms with Gasteiger partial charge in [-0.1, -0.05) is 0 Å². The molecule has 0 saturated carbocycles. The summed E-state index contributed by atoms with van der Waals surface area (Å²) in [7, 11) is 0. The second-order valence-electron chi connectivity index (χ2n) is 4.99. The van der Waals surface area contributed by atoms with E-state index in [1.165, 1.54) is 12.1 Å². The first-order valence-electron chi connectivity index (χ1n) is 6.56. The highest BCUT2D eigenvalue weighted by molar-refractivity contribution is 5.94. The van der Waals surface area contributed by atoms with Gasteiger partial charge in [0, 0.05) is 24.7 Å². The van der Waals surface area contributed by atoms with Gasteiger partial charge in [-0.05, 0) is 37.4 Å². The number of nitrogens with two attached hydrogens (primary N) is 2. The molecule has 0 aromatic heterocycles. The van der Waals surface area contributed by atoms with E-state index < -0.39 is 10.8 Å². The van der Waals surface area contributed by atoms with Crippen LogP contribution in [0.5, 0.6) is 0 Å². The van der Waals surface area contributed by atoms with Crippen LogP contribution in [0.1, 0.15) is 23.2 Å². The summed E-state index contributed by atoms with van der Waals surface area (Å²) < 4.78 is 0. The second-order valence-corrected chi connectivity index (χ2v) is 4.99. The Labute approximate surface area is 116 Å². The molecule has 0 unspecified atom stereocenters. The summed E-state index contributed by atoms with van der Waals surface area (Å²) in [6.07, 6.45) is 1.84. The molecular formula is C13H18N4O3. The molecule has 7 heteroatoms. The van der Waals surface area contributed by atoms with Crippen molar-refractivity contribution in [2.75, 3.05) is 24.5 Å². The number of nitro groups is 1. The number of piperidine rings is 1. The maximum atomic E-state index is 11.2.